The summed E-state index contributed by atoms with van der Waals surface area (Å²) >= 11 is 0. The van der Waals surface area contributed by atoms with E-state index in [1.54, 1.807) is 24.7 Å². The van der Waals surface area contributed by atoms with Crippen LogP contribution in [-0.2, 0) is 14.3 Å². The van der Waals surface area contributed by atoms with E-state index in [0.717, 1.165) is 52.2 Å². The molecule has 246 valence electrons. The predicted octanol–water partition coefficient (Wildman–Crippen LogP) is 4.16. The number of anilines is 2. The summed E-state index contributed by atoms with van der Waals surface area (Å²) < 4.78 is 6.14. The molecule has 3 aromatic heterocycles. The van der Waals surface area contributed by atoms with Crippen molar-refractivity contribution in [1.29, 1.82) is 0 Å². The molecule has 2 N–H and O–H groups in total. The molecule has 0 bridgehead atoms. The first-order chi connectivity index (χ1) is 23.4. The summed E-state index contributed by atoms with van der Waals surface area (Å²) in [5, 5.41) is 11.6. The largest absolute Gasteiger partial charge is 0.368 e. The van der Waals surface area contributed by atoms with Crippen LogP contribution >= 0.6 is 0 Å². The van der Waals surface area contributed by atoms with Crippen LogP contribution in [0.2, 0.25) is 0 Å². The molecule has 2 aromatic carbocycles. The van der Waals surface area contributed by atoms with Crippen molar-refractivity contribution >= 4 is 34.1 Å². The second kappa shape index (κ2) is 13.5. The van der Waals surface area contributed by atoms with Crippen LogP contribution in [-0.4, -0.2) is 105 Å². The monoisotopic (exact) mass is 645 g/mol. The highest BCUT2D eigenvalue weighted by atomic mass is 16.5. The Morgan fingerprint density at radius 3 is 2.46 bits per heavy atom. The molecule has 1 unspecified atom stereocenters. The maximum atomic E-state index is 13.8. The molecule has 2 aliphatic heterocycles. The standard InChI is InChI=1S/C36H39N9O3/c1-3-48-36(35(47)40-28-7-10-31-30(22-28)33(42-41-31)27-11-15-37-25(2)21-27)12-16-43(24-36)23-32(46)45-19-17-44(18-20-45)29-8-5-26(6-9-29)34-38-13-4-14-39-34/h4-11,13-15,21-22H,3,12,16-20,23-24H2,1-2H3,(H,40,47)(H,41,42). The zero-order chi connectivity index (χ0) is 33.1. The normalized spacial score (nSPS) is 18.4. The fraction of sp³-hybridized carbons (Fsp3) is 0.333. The van der Waals surface area contributed by atoms with Crippen molar-refractivity contribution in [3.63, 3.8) is 0 Å². The highest BCUT2D eigenvalue weighted by Gasteiger charge is 2.46. The number of rotatable bonds is 9. The lowest BCUT2D eigenvalue weighted by Gasteiger charge is -2.37. The highest BCUT2D eigenvalue weighted by Crippen LogP contribution is 2.31. The van der Waals surface area contributed by atoms with Crippen LogP contribution in [0, 0.1) is 6.92 Å². The van der Waals surface area contributed by atoms with Gasteiger partial charge in [-0.1, -0.05) is 0 Å². The zero-order valence-electron chi connectivity index (χ0n) is 27.2. The summed E-state index contributed by atoms with van der Waals surface area (Å²) in [7, 11) is 0. The Labute approximate surface area is 279 Å². The van der Waals surface area contributed by atoms with Gasteiger partial charge in [0.25, 0.3) is 5.91 Å². The quantitative estimate of drug-likeness (QED) is 0.243. The maximum absolute atomic E-state index is 13.8. The fourth-order valence-electron chi connectivity index (χ4n) is 6.66. The molecule has 12 heteroatoms. The Kier molecular flexibility index (Phi) is 8.83. The summed E-state index contributed by atoms with van der Waals surface area (Å²) in [5.74, 6) is 0.568. The molecule has 2 saturated heterocycles. The van der Waals surface area contributed by atoms with Crippen LogP contribution in [0.25, 0.3) is 33.5 Å². The van der Waals surface area contributed by atoms with Gasteiger partial charge >= 0.3 is 0 Å². The molecule has 0 spiro atoms. The number of carbonyl (C=O) groups is 2. The topological polar surface area (TPSA) is 132 Å². The lowest BCUT2D eigenvalue weighted by Crippen LogP contribution is -2.52. The summed E-state index contributed by atoms with van der Waals surface area (Å²) in [4.78, 5) is 46.4. The molecular formula is C36H39N9O3. The van der Waals surface area contributed by atoms with Gasteiger partial charge in [-0.15, -0.1) is 0 Å². The Hall–Kier alpha value is -5.20. The lowest BCUT2D eigenvalue weighted by molar-refractivity contribution is -0.140. The lowest BCUT2D eigenvalue weighted by atomic mass is 10.0. The molecule has 0 aliphatic carbocycles. The number of H-pyrrole nitrogens is 1. The minimum absolute atomic E-state index is 0.0724. The Balaban J connectivity index is 0.955. The van der Waals surface area contributed by atoms with Gasteiger partial charge in [0.2, 0.25) is 5.91 Å². The molecule has 5 aromatic rings. The third-order valence-corrected chi connectivity index (χ3v) is 9.18. The van der Waals surface area contributed by atoms with Gasteiger partial charge in [-0.2, -0.15) is 5.10 Å². The van der Waals surface area contributed by atoms with Crippen molar-refractivity contribution < 1.29 is 14.3 Å². The van der Waals surface area contributed by atoms with Gasteiger partial charge in [0.1, 0.15) is 5.69 Å². The first kappa shape index (κ1) is 31.4. The average molecular weight is 646 g/mol. The SMILES string of the molecule is CCOC1(C(=O)Nc2ccc3[nH]nc(-c4ccnc(C)c4)c3c2)CCN(CC(=O)N2CCN(c3ccc(-c4ncccn4)cc3)CC2)C1. The molecule has 2 aliphatic rings. The van der Waals surface area contributed by atoms with Crippen molar-refractivity contribution in [2.24, 2.45) is 0 Å². The minimum Gasteiger partial charge on any atom is -0.368 e. The van der Waals surface area contributed by atoms with Crippen molar-refractivity contribution in [2.45, 2.75) is 25.9 Å². The number of benzene rings is 2. The minimum atomic E-state index is -1.04. The molecule has 2 amide bonds. The number of amides is 2. The molecule has 5 heterocycles. The fourth-order valence-corrected chi connectivity index (χ4v) is 6.66. The van der Waals surface area contributed by atoms with Crippen LogP contribution in [0.1, 0.15) is 19.0 Å². The third kappa shape index (κ3) is 6.49. The van der Waals surface area contributed by atoms with Gasteiger partial charge in [0, 0.05) is 98.0 Å². The number of hydrogen-bond donors (Lipinski definition) is 2. The van der Waals surface area contributed by atoms with E-state index in [0.29, 0.717) is 50.7 Å². The van der Waals surface area contributed by atoms with Crippen molar-refractivity contribution in [3.05, 3.63) is 84.9 Å². The molecular weight excluding hydrogens is 606 g/mol. The summed E-state index contributed by atoms with van der Waals surface area (Å²) in [5.41, 5.74) is 5.24. The second-order valence-electron chi connectivity index (χ2n) is 12.3. The van der Waals surface area contributed by atoms with Crippen molar-refractivity contribution in [2.75, 3.05) is 62.6 Å². The van der Waals surface area contributed by atoms with E-state index >= 15 is 0 Å². The van der Waals surface area contributed by atoms with Crippen LogP contribution in [0.3, 0.4) is 0 Å². The number of aryl methyl sites for hydroxylation is 1. The number of hydrogen-bond acceptors (Lipinski definition) is 9. The maximum Gasteiger partial charge on any atom is 0.258 e. The van der Waals surface area contributed by atoms with Crippen molar-refractivity contribution in [1.82, 2.24) is 34.9 Å². The molecule has 0 radical (unpaired) electrons. The average Bonchev–Trinajstić information content (AvgIpc) is 3.73. The van der Waals surface area contributed by atoms with E-state index in [1.807, 2.05) is 66.1 Å². The second-order valence-corrected chi connectivity index (χ2v) is 12.3. The van der Waals surface area contributed by atoms with E-state index in [4.69, 9.17) is 4.74 Å². The number of ether oxygens (including phenoxy) is 1. The summed E-state index contributed by atoms with van der Waals surface area (Å²) in [6.07, 6.45) is 5.75. The molecule has 0 saturated carbocycles. The van der Waals surface area contributed by atoms with Gasteiger partial charge in [0.05, 0.1) is 12.1 Å². The van der Waals surface area contributed by atoms with Gasteiger partial charge in [0.15, 0.2) is 11.4 Å². The van der Waals surface area contributed by atoms with Gasteiger partial charge in [-0.25, -0.2) is 9.97 Å². The number of aromatic nitrogens is 5. The van der Waals surface area contributed by atoms with Crippen LogP contribution in [0.4, 0.5) is 11.4 Å². The number of nitrogens with one attached hydrogen (secondary N) is 2. The zero-order valence-corrected chi connectivity index (χ0v) is 27.2. The number of nitrogens with zero attached hydrogens (tertiary/aromatic N) is 7. The predicted molar refractivity (Wildman–Crippen MR) is 184 cm³/mol. The summed E-state index contributed by atoms with van der Waals surface area (Å²) in [6.45, 7) is 8.23. The Morgan fingerprint density at radius 2 is 1.71 bits per heavy atom. The van der Waals surface area contributed by atoms with Crippen LogP contribution in [0.15, 0.2) is 79.3 Å². The van der Waals surface area contributed by atoms with Crippen LogP contribution in [0.5, 0.6) is 0 Å². The van der Waals surface area contributed by atoms with E-state index in [2.05, 4.69) is 47.5 Å². The third-order valence-electron chi connectivity index (χ3n) is 9.18. The molecule has 7 rings (SSSR count). The van der Waals surface area contributed by atoms with E-state index in [9.17, 15) is 9.59 Å². The van der Waals surface area contributed by atoms with E-state index in [-0.39, 0.29) is 18.4 Å². The molecule has 2 fully saturated rings. The number of likely N-dealkylation sites (tertiary alicyclic amines) is 1. The number of fused-ring (bicyclic) bond motifs is 1. The van der Waals surface area contributed by atoms with Crippen molar-refractivity contribution in [3.8, 4) is 22.6 Å². The number of carbonyl (C=O) groups excluding carboxylic acids is 2. The van der Waals surface area contributed by atoms with Gasteiger partial charge < -0.3 is 19.9 Å². The first-order valence-electron chi connectivity index (χ1n) is 16.4. The first-order valence-corrected chi connectivity index (χ1v) is 16.4. The molecule has 1 atom stereocenters. The van der Waals surface area contributed by atoms with Gasteiger partial charge in [-0.05, 0) is 80.9 Å². The number of aromatic amines is 1. The smallest absolute Gasteiger partial charge is 0.258 e. The van der Waals surface area contributed by atoms with Gasteiger partial charge in [-0.3, -0.25) is 24.6 Å². The number of pyridine rings is 1. The Bertz CT molecular complexity index is 1910. The Morgan fingerprint density at radius 1 is 0.917 bits per heavy atom. The van der Waals surface area contributed by atoms with E-state index in [1.165, 1.54) is 0 Å². The summed E-state index contributed by atoms with van der Waals surface area (Å²) in [6, 6.07) is 19.7. The molecule has 48 heavy (non-hydrogen) atoms. The number of piperazine rings is 1. The molecule has 12 nitrogen and oxygen atoms in total. The van der Waals surface area contributed by atoms with Crippen LogP contribution < -0.4 is 10.2 Å². The highest BCUT2D eigenvalue weighted by molar-refractivity contribution is 6.01. The van der Waals surface area contributed by atoms with E-state index < -0.39 is 5.60 Å².